The van der Waals surface area contributed by atoms with Crippen molar-refractivity contribution < 1.29 is 27.7 Å². The van der Waals surface area contributed by atoms with E-state index in [1.807, 2.05) is 72.8 Å². The molecule has 0 aliphatic rings. The summed E-state index contributed by atoms with van der Waals surface area (Å²) in [5.74, 6) is 0. The normalized spacial score (nSPS) is 8.83. The second-order valence-corrected chi connectivity index (χ2v) is 6.60. The quantitative estimate of drug-likeness (QED) is 0.397. The van der Waals surface area contributed by atoms with E-state index in [4.69, 9.17) is 25.3 Å². The van der Waals surface area contributed by atoms with E-state index >= 15 is 0 Å². The van der Waals surface area contributed by atoms with Crippen molar-refractivity contribution in [3.8, 4) is 22.3 Å². The van der Waals surface area contributed by atoms with Crippen molar-refractivity contribution in [3.05, 3.63) is 109 Å². The van der Waals surface area contributed by atoms with Gasteiger partial charge in [-0.1, -0.05) is 109 Å². The summed E-state index contributed by atoms with van der Waals surface area (Å²) in [6, 6.07) is 36.4. The topological polar surface area (TPSA) is 63.0 Å². The van der Waals surface area contributed by atoms with E-state index in [9.17, 15) is 0 Å². The first-order valence-electron chi connectivity index (χ1n) is 8.38. The molecule has 4 N–H and O–H groups in total. The largest absolute Gasteiger partial charge is 2.00 e. The summed E-state index contributed by atoms with van der Waals surface area (Å²) < 4.78 is 0. The van der Waals surface area contributed by atoms with Crippen molar-refractivity contribution in [3.63, 3.8) is 0 Å². The molecule has 0 unspecified atom stereocenters. The zero-order valence-electron chi connectivity index (χ0n) is 15.5. The molecule has 0 heterocycles. The Hall–Kier alpha value is -2.25. The van der Waals surface area contributed by atoms with Gasteiger partial charge in [0.25, 0.3) is 0 Å². The molecule has 4 aromatic rings. The third-order valence-corrected chi connectivity index (χ3v) is 4.66. The van der Waals surface area contributed by atoms with Crippen molar-refractivity contribution in [2.45, 2.75) is 9.79 Å². The maximum Gasteiger partial charge on any atom is 2.00 e. The fourth-order valence-electron chi connectivity index (χ4n) is 2.65. The van der Waals surface area contributed by atoms with Crippen molar-refractivity contribution in [1.82, 2.24) is 0 Å². The molecule has 0 spiro atoms. The third kappa shape index (κ3) is 7.59. The SMILES string of the molecule is O.O.[Co+2].[S-]c1ccccc1-c1ccccc1.[S-]c1ccccc1-c1ccccc1. The molecule has 0 atom stereocenters. The first kappa shape index (κ1) is 26.7. The van der Waals surface area contributed by atoms with Gasteiger partial charge in [-0.25, -0.2) is 0 Å². The van der Waals surface area contributed by atoms with Crippen molar-refractivity contribution >= 4 is 25.3 Å². The van der Waals surface area contributed by atoms with Gasteiger partial charge in [0.15, 0.2) is 0 Å². The molecule has 4 aromatic carbocycles. The molecular formula is C24H22CoO2S2. The fraction of sp³-hybridized carbons (Fsp3) is 0. The van der Waals surface area contributed by atoms with Gasteiger partial charge in [0, 0.05) is 0 Å². The molecule has 2 nitrogen and oxygen atoms in total. The van der Waals surface area contributed by atoms with Crippen molar-refractivity contribution in [1.29, 1.82) is 0 Å². The average molecular weight is 466 g/mol. The predicted octanol–water partition coefficient (Wildman–Crippen LogP) is 4.87. The molecule has 1 radical (unpaired) electrons. The predicted molar refractivity (Wildman–Crippen MR) is 122 cm³/mol. The van der Waals surface area contributed by atoms with Gasteiger partial charge < -0.3 is 36.2 Å². The van der Waals surface area contributed by atoms with Crippen LogP contribution < -0.4 is 0 Å². The van der Waals surface area contributed by atoms with Crippen LogP contribution in [-0.2, 0) is 42.0 Å². The summed E-state index contributed by atoms with van der Waals surface area (Å²) in [6.45, 7) is 0. The minimum atomic E-state index is 0. The molecule has 0 aliphatic heterocycles. The summed E-state index contributed by atoms with van der Waals surface area (Å²) in [6.07, 6.45) is 0. The first-order chi connectivity index (χ1) is 12.8. The molecule has 29 heavy (non-hydrogen) atoms. The molecule has 0 saturated heterocycles. The Morgan fingerprint density at radius 2 is 0.655 bits per heavy atom. The van der Waals surface area contributed by atoms with Gasteiger partial charge >= 0.3 is 16.8 Å². The van der Waals surface area contributed by atoms with Crippen LogP contribution in [0.15, 0.2) is 119 Å². The third-order valence-electron chi connectivity index (χ3n) is 3.94. The molecule has 151 valence electrons. The number of hydrogen-bond donors (Lipinski definition) is 0. The van der Waals surface area contributed by atoms with Gasteiger partial charge in [0.2, 0.25) is 0 Å². The average Bonchev–Trinajstić information content (AvgIpc) is 2.71. The van der Waals surface area contributed by atoms with Gasteiger partial charge in [-0.2, -0.15) is 9.79 Å². The Morgan fingerprint density at radius 3 is 0.966 bits per heavy atom. The maximum atomic E-state index is 5.23. The Labute approximate surface area is 193 Å². The van der Waals surface area contributed by atoms with E-state index in [-0.39, 0.29) is 27.7 Å². The summed E-state index contributed by atoms with van der Waals surface area (Å²) >= 11 is 10.5. The zero-order valence-corrected chi connectivity index (χ0v) is 18.2. The minimum Gasteiger partial charge on any atom is -0.779 e. The maximum absolute atomic E-state index is 5.23. The molecular weight excluding hydrogens is 443 g/mol. The Bertz CT molecular complexity index is 883. The van der Waals surface area contributed by atoms with E-state index in [0.717, 1.165) is 20.9 Å². The molecule has 0 bridgehead atoms. The minimum absolute atomic E-state index is 0. The van der Waals surface area contributed by atoms with E-state index in [2.05, 4.69) is 36.4 Å². The summed E-state index contributed by atoms with van der Waals surface area (Å²) in [5.41, 5.74) is 4.65. The summed E-state index contributed by atoms with van der Waals surface area (Å²) in [7, 11) is 0. The monoisotopic (exact) mass is 465 g/mol. The van der Waals surface area contributed by atoms with E-state index < -0.39 is 0 Å². The molecule has 0 aliphatic carbocycles. The number of rotatable bonds is 2. The van der Waals surface area contributed by atoms with Gasteiger partial charge in [-0.3, -0.25) is 0 Å². The van der Waals surface area contributed by atoms with Crippen LogP contribution in [0, 0.1) is 0 Å². The molecule has 4 rings (SSSR count). The van der Waals surface area contributed by atoms with Crippen LogP contribution in [0.1, 0.15) is 0 Å². The molecule has 0 amide bonds. The van der Waals surface area contributed by atoms with Gasteiger partial charge in [0.1, 0.15) is 0 Å². The zero-order chi connectivity index (χ0) is 18.2. The summed E-state index contributed by atoms with van der Waals surface area (Å²) in [5, 5.41) is 0. The molecule has 5 heteroatoms. The van der Waals surface area contributed by atoms with Crippen LogP contribution in [0.25, 0.3) is 22.3 Å². The number of hydrogen-bond acceptors (Lipinski definition) is 2. The van der Waals surface area contributed by atoms with E-state index in [1.54, 1.807) is 0 Å². The Kier molecular flexibility index (Phi) is 12.8. The van der Waals surface area contributed by atoms with Crippen LogP contribution in [0.2, 0.25) is 0 Å². The van der Waals surface area contributed by atoms with E-state index in [0.29, 0.717) is 0 Å². The van der Waals surface area contributed by atoms with Gasteiger partial charge in [0.05, 0.1) is 0 Å². The van der Waals surface area contributed by atoms with Gasteiger partial charge in [-0.15, -0.1) is 0 Å². The first-order valence-corrected chi connectivity index (χ1v) is 9.20. The Morgan fingerprint density at radius 1 is 0.379 bits per heavy atom. The fourth-order valence-corrected chi connectivity index (χ4v) is 3.17. The van der Waals surface area contributed by atoms with Gasteiger partial charge in [-0.05, 0) is 22.3 Å². The standard InChI is InChI=1S/2C12H10S.Co.2H2O/c2*13-12-9-5-4-8-11(12)10-6-2-1-3-7-10;;;/h2*1-9,13H;;2*1H2/q;;+2;;/p-2. The second-order valence-electron chi connectivity index (χ2n) is 5.72. The molecule has 0 saturated carbocycles. The summed E-state index contributed by atoms with van der Waals surface area (Å²) in [4.78, 5) is 1.82. The molecule has 0 aromatic heterocycles. The van der Waals surface area contributed by atoms with E-state index in [1.165, 1.54) is 11.1 Å². The van der Waals surface area contributed by atoms with Crippen LogP contribution >= 0.6 is 0 Å². The number of benzene rings is 4. The van der Waals surface area contributed by atoms with Crippen LogP contribution in [0.3, 0.4) is 0 Å². The van der Waals surface area contributed by atoms with Crippen molar-refractivity contribution in [2.24, 2.45) is 0 Å². The Balaban J connectivity index is 0.000000490. The van der Waals surface area contributed by atoms with Crippen LogP contribution in [0.4, 0.5) is 0 Å². The van der Waals surface area contributed by atoms with Crippen LogP contribution in [-0.4, -0.2) is 11.0 Å². The second kappa shape index (κ2) is 13.8. The van der Waals surface area contributed by atoms with Crippen LogP contribution in [0.5, 0.6) is 0 Å². The smallest absolute Gasteiger partial charge is 0.779 e. The molecule has 0 fully saturated rings. The van der Waals surface area contributed by atoms with Crippen molar-refractivity contribution in [2.75, 3.05) is 0 Å².